The van der Waals surface area contributed by atoms with Crippen LogP contribution in [0, 0.1) is 12.8 Å². The van der Waals surface area contributed by atoms with Crippen LogP contribution < -0.4 is 5.73 Å². The number of primary amides is 1. The molecule has 1 aromatic carbocycles. The molecule has 0 aliphatic heterocycles. The number of amides is 1. The Labute approximate surface area is 124 Å². The van der Waals surface area contributed by atoms with E-state index in [1.807, 2.05) is 20.8 Å². The van der Waals surface area contributed by atoms with Crippen LogP contribution in [0.2, 0.25) is 5.02 Å². The fourth-order valence-electron chi connectivity index (χ4n) is 1.78. The molecule has 1 aromatic rings. The maximum atomic E-state index is 12.6. The van der Waals surface area contributed by atoms with Crippen molar-refractivity contribution in [2.75, 3.05) is 13.1 Å². The number of carbonyl (C=O) groups excluding carboxylic acids is 1. The van der Waals surface area contributed by atoms with Gasteiger partial charge in [0.2, 0.25) is 15.9 Å². The van der Waals surface area contributed by atoms with Crippen molar-refractivity contribution in [3.05, 3.63) is 28.8 Å². The quantitative estimate of drug-likeness (QED) is 0.868. The molecule has 0 spiro atoms. The van der Waals surface area contributed by atoms with Crippen LogP contribution in [0.15, 0.2) is 23.1 Å². The second-order valence-corrected chi connectivity index (χ2v) is 7.41. The normalized spacial score (nSPS) is 12.1. The Bertz CT molecular complexity index is 600. The van der Waals surface area contributed by atoms with Gasteiger partial charge in [0.25, 0.3) is 0 Å². The minimum atomic E-state index is -3.84. The highest BCUT2D eigenvalue weighted by molar-refractivity contribution is 7.89. The molecule has 0 atom stereocenters. The van der Waals surface area contributed by atoms with Gasteiger partial charge in [-0.1, -0.05) is 31.5 Å². The number of aryl methyl sites for hydroxylation is 1. The van der Waals surface area contributed by atoms with Crippen LogP contribution in [0.1, 0.15) is 19.4 Å². The van der Waals surface area contributed by atoms with Crippen molar-refractivity contribution in [2.24, 2.45) is 11.7 Å². The predicted octanol–water partition coefficient (Wildman–Crippen LogP) is 1.78. The summed E-state index contributed by atoms with van der Waals surface area (Å²) in [5, 5.41) is 0.142. The molecule has 0 unspecified atom stereocenters. The van der Waals surface area contributed by atoms with Gasteiger partial charge in [-0.2, -0.15) is 4.31 Å². The summed E-state index contributed by atoms with van der Waals surface area (Å²) in [5.74, 6) is -0.634. The maximum absolute atomic E-state index is 12.6. The number of rotatable bonds is 6. The lowest BCUT2D eigenvalue weighted by molar-refractivity contribution is -0.118. The molecule has 7 heteroatoms. The highest BCUT2D eigenvalue weighted by Gasteiger charge is 2.28. The Morgan fingerprint density at radius 2 is 2.00 bits per heavy atom. The van der Waals surface area contributed by atoms with Gasteiger partial charge in [0, 0.05) is 6.54 Å². The number of nitrogens with zero attached hydrogens (tertiary/aromatic N) is 1. The minimum Gasteiger partial charge on any atom is -0.369 e. The third kappa shape index (κ3) is 4.19. The van der Waals surface area contributed by atoms with Gasteiger partial charge in [-0.05, 0) is 30.5 Å². The van der Waals surface area contributed by atoms with E-state index in [9.17, 15) is 13.2 Å². The highest BCUT2D eigenvalue weighted by atomic mass is 35.5. The van der Waals surface area contributed by atoms with Crippen LogP contribution >= 0.6 is 11.6 Å². The first-order valence-corrected chi connectivity index (χ1v) is 8.01. The molecule has 2 N–H and O–H groups in total. The van der Waals surface area contributed by atoms with E-state index >= 15 is 0 Å². The largest absolute Gasteiger partial charge is 0.369 e. The summed E-state index contributed by atoms with van der Waals surface area (Å²) in [4.78, 5) is 11.1. The molecule has 0 aromatic heterocycles. The van der Waals surface area contributed by atoms with Gasteiger partial charge in [0.05, 0.1) is 11.6 Å². The Morgan fingerprint density at radius 3 is 2.45 bits per heavy atom. The third-order valence-corrected chi connectivity index (χ3v) is 4.90. The molecular formula is C13H19ClN2O3S. The average molecular weight is 319 g/mol. The van der Waals surface area contributed by atoms with E-state index in [0.29, 0.717) is 0 Å². The minimum absolute atomic E-state index is 0.00772. The maximum Gasteiger partial charge on any atom is 0.245 e. The molecular weight excluding hydrogens is 300 g/mol. The fraction of sp³-hybridized carbons (Fsp3) is 0.462. The van der Waals surface area contributed by atoms with E-state index in [2.05, 4.69) is 0 Å². The number of benzene rings is 1. The van der Waals surface area contributed by atoms with Gasteiger partial charge in [0.1, 0.15) is 4.90 Å². The lowest BCUT2D eigenvalue weighted by Crippen LogP contribution is -2.40. The SMILES string of the molecule is Cc1ccc(S(=O)(=O)N(CC(N)=O)CC(C)C)c(Cl)c1. The van der Waals surface area contributed by atoms with Crippen molar-refractivity contribution >= 4 is 27.5 Å². The van der Waals surface area contributed by atoms with Crippen molar-refractivity contribution in [1.82, 2.24) is 4.31 Å². The van der Waals surface area contributed by atoms with Crippen LogP contribution in [-0.4, -0.2) is 31.7 Å². The van der Waals surface area contributed by atoms with E-state index in [0.717, 1.165) is 9.87 Å². The molecule has 1 rings (SSSR count). The number of carbonyl (C=O) groups is 1. The molecule has 0 aliphatic carbocycles. The number of halogens is 1. The summed E-state index contributed by atoms with van der Waals surface area (Å²) >= 11 is 6.01. The number of nitrogens with two attached hydrogens (primary N) is 1. The number of sulfonamides is 1. The van der Waals surface area contributed by atoms with E-state index < -0.39 is 15.9 Å². The van der Waals surface area contributed by atoms with Gasteiger partial charge in [-0.3, -0.25) is 4.79 Å². The zero-order chi connectivity index (χ0) is 15.5. The molecule has 0 aliphatic rings. The molecule has 112 valence electrons. The van der Waals surface area contributed by atoms with Crippen LogP contribution in [0.4, 0.5) is 0 Å². The van der Waals surface area contributed by atoms with E-state index in [1.165, 1.54) is 6.07 Å². The van der Waals surface area contributed by atoms with Gasteiger partial charge in [-0.25, -0.2) is 8.42 Å². The summed E-state index contributed by atoms with van der Waals surface area (Å²) in [6, 6.07) is 4.68. The molecule has 0 heterocycles. The van der Waals surface area contributed by atoms with Gasteiger partial charge in [0.15, 0.2) is 0 Å². The second kappa shape index (κ2) is 6.56. The fourth-order valence-corrected chi connectivity index (χ4v) is 3.93. The lowest BCUT2D eigenvalue weighted by atomic mass is 10.2. The highest BCUT2D eigenvalue weighted by Crippen LogP contribution is 2.26. The number of hydrogen-bond acceptors (Lipinski definition) is 3. The van der Waals surface area contributed by atoms with E-state index in [1.54, 1.807) is 12.1 Å². The smallest absolute Gasteiger partial charge is 0.245 e. The summed E-state index contributed by atoms with van der Waals surface area (Å²) in [6.45, 7) is 5.39. The van der Waals surface area contributed by atoms with Gasteiger partial charge < -0.3 is 5.73 Å². The molecule has 5 nitrogen and oxygen atoms in total. The third-order valence-electron chi connectivity index (χ3n) is 2.61. The first kappa shape index (κ1) is 16.9. The molecule has 0 radical (unpaired) electrons. The lowest BCUT2D eigenvalue weighted by Gasteiger charge is -2.23. The predicted molar refractivity (Wildman–Crippen MR) is 79.0 cm³/mol. The molecule has 20 heavy (non-hydrogen) atoms. The molecule has 0 saturated heterocycles. The van der Waals surface area contributed by atoms with E-state index in [4.69, 9.17) is 17.3 Å². The Hall–Kier alpha value is -1.11. The van der Waals surface area contributed by atoms with Crippen LogP contribution in [0.25, 0.3) is 0 Å². The van der Waals surface area contributed by atoms with Crippen LogP contribution in [-0.2, 0) is 14.8 Å². The van der Waals surface area contributed by atoms with Crippen LogP contribution in [0.3, 0.4) is 0 Å². The van der Waals surface area contributed by atoms with Crippen molar-refractivity contribution in [3.8, 4) is 0 Å². The summed E-state index contributed by atoms with van der Waals surface area (Å²) in [6.07, 6.45) is 0. The van der Waals surface area contributed by atoms with Crippen molar-refractivity contribution in [2.45, 2.75) is 25.7 Å². The van der Waals surface area contributed by atoms with Gasteiger partial charge in [-0.15, -0.1) is 0 Å². The zero-order valence-electron chi connectivity index (χ0n) is 11.8. The molecule has 0 saturated carbocycles. The first-order chi connectivity index (χ1) is 9.14. The van der Waals surface area contributed by atoms with Crippen molar-refractivity contribution in [3.63, 3.8) is 0 Å². The standard InChI is InChI=1S/C13H19ClN2O3S/c1-9(2)7-16(8-13(15)17)20(18,19)12-5-4-10(3)6-11(12)14/h4-6,9H,7-8H2,1-3H3,(H2,15,17). The summed E-state index contributed by atoms with van der Waals surface area (Å²) in [7, 11) is -3.84. The summed E-state index contributed by atoms with van der Waals surface area (Å²) < 4.78 is 26.2. The first-order valence-electron chi connectivity index (χ1n) is 6.19. The average Bonchev–Trinajstić information content (AvgIpc) is 2.26. The Morgan fingerprint density at radius 1 is 1.40 bits per heavy atom. The van der Waals surface area contributed by atoms with Crippen LogP contribution in [0.5, 0.6) is 0 Å². The number of hydrogen-bond donors (Lipinski definition) is 1. The molecule has 1 amide bonds. The second-order valence-electron chi connectivity index (χ2n) is 5.09. The summed E-state index contributed by atoms with van der Waals surface area (Å²) in [5.41, 5.74) is 5.99. The van der Waals surface area contributed by atoms with E-state index in [-0.39, 0.29) is 28.9 Å². The Kier molecular flexibility index (Phi) is 5.56. The topological polar surface area (TPSA) is 80.5 Å². The molecule has 0 bridgehead atoms. The van der Waals surface area contributed by atoms with Gasteiger partial charge >= 0.3 is 0 Å². The van der Waals surface area contributed by atoms with Crippen molar-refractivity contribution < 1.29 is 13.2 Å². The molecule has 0 fully saturated rings. The van der Waals surface area contributed by atoms with Crippen molar-refractivity contribution in [1.29, 1.82) is 0 Å². The monoisotopic (exact) mass is 318 g/mol. The zero-order valence-corrected chi connectivity index (χ0v) is 13.3. The Balaban J connectivity index is 3.24.